The zero-order valence-electron chi connectivity index (χ0n) is 12.8. The molecule has 116 valence electrons. The van der Waals surface area contributed by atoms with Gasteiger partial charge in [0.2, 0.25) is 0 Å². The van der Waals surface area contributed by atoms with Gasteiger partial charge in [0.15, 0.2) is 6.10 Å². The molecule has 1 aliphatic heterocycles. The Morgan fingerprint density at radius 1 is 1.29 bits per heavy atom. The first-order valence-corrected chi connectivity index (χ1v) is 8.11. The molecule has 0 saturated carbocycles. The van der Waals surface area contributed by atoms with Crippen molar-refractivity contribution in [1.29, 1.82) is 0 Å². The minimum atomic E-state index is -0.484. The van der Waals surface area contributed by atoms with Crippen LogP contribution in [-0.4, -0.2) is 43.2 Å². The van der Waals surface area contributed by atoms with Crippen LogP contribution in [0.5, 0.6) is 5.75 Å². The van der Waals surface area contributed by atoms with Gasteiger partial charge in [0.1, 0.15) is 5.75 Å². The molecule has 1 heterocycles. The van der Waals surface area contributed by atoms with Crippen LogP contribution in [0.4, 0.5) is 0 Å². The number of carbonyl (C=O) groups is 1. The fraction of sp³-hybridized carbons (Fsp3) is 0.562. The average molecular weight is 356 g/mol. The second-order valence-electron chi connectivity index (χ2n) is 5.53. The second-order valence-corrected chi connectivity index (χ2v) is 6.45. The van der Waals surface area contributed by atoms with E-state index < -0.39 is 6.10 Å². The number of benzene rings is 1. The maximum absolute atomic E-state index is 12.4. The van der Waals surface area contributed by atoms with E-state index in [-0.39, 0.29) is 5.91 Å². The molecule has 0 spiro atoms. The van der Waals surface area contributed by atoms with Gasteiger partial charge in [0, 0.05) is 17.6 Å². The van der Waals surface area contributed by atoms with Crippen molar-refractivity contribution >= 4 is 21.8 Å². The third-order valence-corrected chi connectivity index (χ3v) is 4.06. The van der Waals surface area contributed by atoms with E-state index in [4.69, 9.17) is 9.47 Å². The molecule has 1 aromatic rings. The lowest BCUT2D eigenvalue weighted by atomic mass is 10.0. The number of carbonyl (C=O) groups excluding carboxylic acids is 1. The lowest BCUT2D eigenvalue weighted by Crippen LogP contribution is -2.46. The molecule has 4 nitrogen and oxygen atoms in total. The Hall–Kier alpha value is -1.07. The van der Waals surface area contributed by atoms with E-state index in [9.17, 15) is 4.79 Å². The van der Waals surface area contributed by atoms with Gasteiger partial charge in [-0.2, -0.15) is 0 Å². The van der Waals surface area contributed by atoms with Crippen molar-refractivity contribution in [1.82, 2.24) is 4.90 Å². The van der Waals surface area contributed by atoms with Crippen LogP contribution in [0, 0.1) is 0 Å². The standard InChI is InChI=1S/C16H22BrNO3/c1-11(2)14-10-13(17)4-5-15(14)21-12(3)16(19)18-6-8-20-9-7-18/h4-5,10-12H,6-9H2,1-3H3. The van der Waals surface area contributed by atoms with E-state index >= 15 is 0 Å². The fourth-order valence-electron chi connectivity index (χ4n) is 2.36. The van der Waals surface area contributed by atoms with Crippen LogP contribution in [-0.2, 0) is 9.53 Å². The Bertz CT molecular complexity index is 498. The average Bonchev–Trinajstić information content (AvgIpc) is 2.49. The normalized spacial score (nSPS) is 16.9. The molecular weight excluding hydrogens is 334 g/mol. The number of hydrogen-bond acceptors (Lipinski definition) is 3. The Labute approximate surface area is 134 Å². The summed E-state index contributed by atoms with van der Waals surface area (Å²) in [5.74, 6) is 1.14. The van der Waals surface area contributed by atoms with Crippen LogP contribution in [0.25, 0.3) is 0 Å². The van der Waals surface area contributed by atoms with E-state index in [1.54, 1.807) is 0 Å². The molecule has 1 aliphatic rings. The topological polar surface area (TPSA) is 38.8 Å². The second kappa shape index (κ2) is 7.27. The molecule has 1 unspecified atom stereocenters. The number of amides is 1. The summed E-state index contributed by atoms with van der Waals surface area (Å²) in [6, 6.07) is 5.90. The minimum Gasteiger partial charge on any atom is -0.481 e. The fourth-order valence-corrected chi connectivity index (χ4v) is 2.74. The summed E-state index contributed by atoms with van der Waals surface area (Å²) in [6.07, 6.45) is -0.484. The molecule has 0 radical (unpaired) electrons. The van der Waals surface area contributed by atoms with Gasteiger partial charge in [0.05, 0.1) is 13.2 Å². The van der Waals surface area contributed by atoms with E-state index in [1.807, 2.05) is 30.0 Å². The van der Waals surface area contributed by atoms with Crippen LogP contribution < -0.4 is 4.74 Å². The molecule has 0 aromatic heterocycles. The zero-order valence-corrected chi connectivity index (χ0v) is 14.4. The maximum atomic E-state index is 12.4. The van der Waals surface area contributed by atoms with Crippen LogP contribution in [0.2, 0.25) is 0 Å². The van der Waals surface area contributed by atoms with E-state index in [2.05, 4.69) is 29.8 Å². The summed E-state index contributed by atoms with van der Waals surface area (Å²) >= 11 is 3.48. The van der Waals surface area contributed by atoms with Gasteiger partial charge in [-0.1, -0.05) is 29.8 Å². The Morgan fingerprint density at radius 2 is 1.95 bits per heavy atom. The highest BCUT2D eigenvalue weighted by atomic mass is 79.9. The predicted molar refractivity (Wildman–Crippen MR) is 85.7 cm³/mol. The highest BCUT2D eigenvalue weighted by Crippen LogP contribution is 2.30. The van der Waals surface area contributed by atoms with Crippen molar-refractivity contribution in [3.05, 3.63) is 28.2 Å². The number of ether oxygens (including phenoxy) is 2. The monoisotopic (exact) mass is 355 g/mol. The van der Waals surface area contributed by atoms with Crippen molar-refractivity contribution in [2.75, 3.05) is 26.3 Å². The van der Waals surface area contributed by atoms with Gasteiger partial charge in [-0.3, -0.25) is 4.79 Å². The van der Waals surface area contributed by atoms with Gasteiger partial charge >= 0.3 is 0 Å². The summed E-state index contributed by atoms with van der Waals surface area (Å²) in [5.41, 5.74) is 1.10. The maximum Gasteiger partial charge on any atom is 0.263 e. The van der Waals surface area contributed by atoms with Crippen LogP contribution in [0.15, 0.2) is 22.7 Å². The Morgan fingerprint density at radius 3 is 2.57 bits per heavy atom. The molecule has 1 atom stereocenters. The smallest absolute Gasteiger partial charge is 0.263 e. The summed E-state index contributed by atoms with van der Waals surface area (Å²) in [7, 11) is 0. The highest BCUT2D eigenvalue weighted by molar-refractivity contribution is 9.10. The molecule has 2 rings (SSSR count). The van der Waals surface area contributed by atoms with Gasteiger partial charge in [0.25, 0.3) is 5.91 Å². The molecule has 1 saturated heterocycles. The molecule has 0 aliphatic carbocycles. The molecule has 1 fully saturated rings. The summed E-state index contributed by atoms with van der Waals surface area (Å²) in [4.78, 5) is 14.2. The van der Waals surface area contributed by atoms with Crippen molar-refractivity contribution in [3.8, 4) is 5.75 Å². The van der Waals surface area contributed by atoms with Crippen molar-refractivity contribution in [2.45, 2.75) is 32.8 Å². The van der Waals surface area contributed by atoms with E-state index in [0.29, 0.717) is 32.2 Å². The SMILES string of the molecule is CC(Oc1ccc(Br)cc1C(C)C)C(=O)N1CCOCC1. The Balaban J connectivity index is 2.08. The van der Waals surface area contributed by atoms with E-state index in [0.717, 1.165) is 15.8 Å². The largest absolute Gasteiger partial charge is 0.481 e. The summed E-state index contributed by atoms with van der Waals surface area (Å²) in [6.45, 7) is 8.53. The first kappa shape index (κ1) is 16.3. The minimum absolute atomic E-state index is 0.0240. The van der Waals surface area contributed by atoms with Gasteiger partial charge < -0.3 is 14.4 Å². The molecular formula is C16H22BrNO3. The molecule has 1 amide bonds. The van der Waals surface area contributed by atoms with Crippen LogP contribution >= 0.6 is 15.9 Å². The van der Waals surface area contributed by atoms with Crippen LogP contribution in [0.3, 0.4) is 0 Å². The summed E-state index contributed by atoms with van der Waals surface area (Å²) < 4.78 is 12.2. The van der Waals surface area contributed by atoms with E-state index in [1.165, 1.54) is 0 Å². The van der Waals surface area contributed by atoms with Crippen molar-refractivity contribution in [2.24, 2.45) is 0 Å². The Kier molecular flexibility index (Phi) is 5.65. The van der Waals surface area contributed by atoms with Crippen molar-refractivity contribution in [3.63, 3.8) is 0 Å². The highest BCUT2D eigenvalue weighted by Gasteiger charge is 2.24. The van der Waals surface area contributed by atoms with Gasteiger partial charge in [-0.15, -0.1) is 0 Å². The lowest BCUT2D eigenvalue weighted by Gasteiger charge is -2.29. The zero-order chi connectivity index (χ0) is 15.4. The number of halogens is 1. The quantitative estimate of drug-likeness (QED) is 0.832. The van der Waals surface area contributed by atoms with Crippen LogP contribution in [0.1, 0.15) is 32.3 Å². The third kappa shape index (κ3) is 4.20. The number of hydrogen-bond donors (Lipinski definition) is 0. The van der Waals surface area contributed by atoms with Crippen molar-refractivity contribution < 1.29 is 14.3 Å². The number of nitrogens with zero attached hydrogens (tertiary/aromatic N) is 1. The molecule has 21 heavy (non-hydrogen) atoms. The van der Waals surface area contributed by atoms with Gasteiger partial charge in [-0.05, 0) is 36.6 Å². The first-order chi connectivity index (χ1) is 9.99. The lowest BCUT2D eigenvalue weighted by molar-refractivity contribution is -0.142. The molecule has 0 N–H and O–H groups in total. The number of rotatable bonds is 4. The number of morpholine rings is 1. The molecule has 5 heteroatoms. The first-order valence-electron chi connectivity index (χ1n) is 7.31. The van der Waals surface area contributed by atoms with Gasteiger partial charge in [-0.25, -0.2) is 0 Å². The molecule has 0 bridgehead atoms. The summed E-state index contributed by atoms with van der Waals surface area (Å²) in [5, 5.41) is 0. The predicted octanol–water partition coefficient (Wildman–Crippen LogP) is 3.20. The molecule has 1 aromatic carbocycles. The third-order valence-electron chi connectivity index (χ3n) is 3.57.